The van der Waals surface area contributed by atoms with E-state index in [9.17, 15) is 4.79 Å². The van der Waals surface area contributed by atoms with E-state index in [2.05, 4.69) is 20.3 Å². The number of aromatic nitrogens is 3. The summed E-state index contributed by atoms with van der Waals surface area (Å²) >= 11 is 0. The molecule has 1 aliphatic rings. The fraction of sp³-hybridized carbons (Fsp3) is 0.222. The summed E-state index contributed by atoms with van der Waals surface area (Å²) in [6.07, 6.45) is 7.60. The van der Waals surface area contributed by atoms with E-state index in [0.29, 0.717) is 11.4 Å². The molecule has 3 aromatic rings. The Morgan fingerprint density at radius 1 is 1.04 bits per heavy atom. The molecular weight excluding hydrogens is 288 g/mol. The highest BCUT2D eigenvalue weighted by molar-refractivity contribution is 6.05. The maximum atomic E-state index is 12.4. The van der Waals surface area contributed by atoms with Crippen LogP contribution in [0.1, 0.15) is 34.6 Å². The van der Waals surface area contributed by atoms with Crippen molar-refractivity contribution in [1.82, 2.24) is 15.0 Å². The summed E-state index contributed by atoms with van der Waals surface area (Å²) in [4.78, 5) is 25.6. The van der Waals surface area contributed by atoms with Crippen LogP contribution in [0.4, 0.5) is 5.82 Å². The third-order valence-electron chi connectivity index (χ3n) is 4.12. The molecule has 0 aliphatic heterocycles. The molecule has 0 radical (unpaired) electrons. The predicted molar refractivity (Wildman–Crippen MR) is 88.4 cm³/mol. The van der Waals surface area contributed by atoms with E-state index in [1.54, 1.807) is 18.5 Å². The van der Waals surface area contributed by atoms with Gasteiger partial charge in [-0.2, -0.15) is 0 Å². The molecule has 0 unspecified atom stereocenters. The molecule has 0 saturated carbocycles. The number of nitrogens with one attached hydrogen (secondary N) is 1. The molecular formula is C18H16N4O. The van der Waals surface area contributed by atoms with E-state index in [4.69, 9.17) is 0 Å². The number of carbonyl (C=O) groups is 1. The Balaban J connectivity index is 1.59. The van der Waals surface area contributed by atoms with E-state index < -0.39 is 0 Å². The zero-order chi connectivity index (χ0) is 15.6. The summed E-state index contributed by atoms with van der Waals surface area (Å²) in [7, 11) is 0. The number of aryl methyl sites for hydroxylation is 2. The van der Waals surface area contributed by atoms with Crippen molar-refractivity contribution < 1.29 is 4.79 Å². The zero-order valence-electron chi connectivity index (χ0n) is 12.6. The van der Waals surface area contributed by atoms with Crippen LogP contribution >= 0.6 is 0 Å². The van der Waals surface area contributed by atoms with Gasteiger partial charge in [0.1, 0.15) is 0 Å². The minimum Gasteiger partial charge on any atom is -0.305 e. The number of amides is 1. The van der Waals surface area contributed by atoms with E-state index >= 15 is 0 Å². The maximum Gasteiger partial charge on any atom is 0.256 e. The Bertz CT molecular complexity index is 891. The first-order chi connectivity index (χ1) is 11.3. The number of hydrogen-bond acceptors (Lipinski definition) is 4. The van der Waals surface area contributed by atoms with Gasteiger partial charge in [-0.1, -0.05) is 6.07 Å². The monoisotopic (exact) mass is 304 g/mol. The topological polar surface area (TPSA) is 67.8 Å². The van der Waals surface area contributed by atoms with Crippen LogP contribution in [0.15, 0.2) is 42.7 Å². The van der Waals surface area contributed by atoms with Crippen molar-refractivity contribution in [3.63, 3.8) is 0 Å². The molecule has 4 rings (SSSR count). The lowest BCUT2D eigenvalue weighted by molar-refractivity contribution is 0.102. The van der Waals surface area contributed by atoms with Crippen LogP contribution in [0.5, 0.6) is 0 Å². The van der Waals surface area contributed by atoms with E-state index in [-0.39, 0.29) is 5.91 Å². The molecule has 1 aliphatic carbocycles. The number of benzene rings is 1. The molecule has 2 aromatic heterocycles. The Labute approximate surface area is 133 Å². The van der Waals surface area contributed by atoms with E-state index in [1.807, 2.05) is 24.3 Å². The lowest BCUT2D eigenvalue weighted by Crippen LogP contribution is -2.16. The van der Waals surface area contributed by atoms with Gasteiger partial charge in [-0.05, 0) is 49.9 Å². The quantitative estimate of drug-likeness (QED) is 0.789. The minimum atomic E-state index is -0.180. The summed E-state index contributed by atoms with van der Waals surface area (Å²) in [6.45, 7) is 0. The van der Waals surface area contributed by atoms with Crippen molar-refractivity contribution in [3.8, 4) is 0 Å². The van der Waals surface area contributed by atoms with Crippen LogP contribution in [0.25, 0.3) is 10.9 Å². The van der Waals surface area contributed by atoms with Crippen molar-refractivity contribution in [1.29, 1.82) is 0 Å². The van der Waals surface area contributed by atoms with Gasteiger partial charge in [-0.15, -0.1) is 0 Å². The van der Waals surface area contributed by atoms with Crippen LogP contribution in [-0.4, -0.2) is 20.9 Å². The second-order valence-electron chi connectivity index (χ2n) is 5.72. The number of anilines is 1. The smallest absolute Gasteiger partial charge is 0.256 e. The van der Waals surface area contributed by atoms with Crippen LogP contribution in [0, 0.1) is 0 Å². The second kappa shape index (κ2) is 5.76. The molecule has 1 amide bonds. The van der Waals surface area contributed by atoms with Crippen LogP contribution < -0.4 is 5.32 Å². The normalized spacial score (nSPS) is 13.6. The van der Waals surface area contributed by atoms with E-state index in [0.717, 1.165) is 41.6 Å². The highest BCUT2D eigenvalue weighted by Gasteiger charge is 2.14. The standard InChI is InChI=1S/C18H16N4O/c23-18(13-7-8-14-12(10-13)4-3-9-19-14)22-17-11-20-15-5-1-2-6-16(15)21-17/h3-4,7-11H,1-2,5-6H2,(H,21,22,23). The summed E-state index contributed by atoms with van der Waals surface area (Å²) in [6, 6.07) is 9.26. The van der Waals surface area contributed by atoms with Gasteiger partial charge in [-0.25, -0.2) is 4.98 Å². The molecule has 0 bridgehead atoms. The third kappa shape index (κ3) is 2.77. The molecule has 2 heterocycles. The Morgan fingerprint density at radius 3 is 2.83 bits per heavy atom. The van der Waals surface area contributed by atoms with Gasteiger partial charge in [0.25, 0.3) is 5.91 Å². The summed E-state index contributed by atoms with van der Waals surface area (Å²) in [5, 5.41) is 3.78. The molecule has 5 heteroatoms. The first kappa shape index (κ1) is 13.8. The van der Waals surface area contributed by atoms with Crippen molar-refractivity contribution in [3.05, 3.63) is 59.7 Å². The lowest BCUT2D eigenvalue weighted by Gasteiger charge is -2.14. The highest BCUT2D eigenvalue weighted by Crippen LogP contribution is 2.19. The lowest BCUT2D eigenvalue weighted by atomic mass is 10.0. The van der Waals surface area contributed by atoms with Gasteiger partial charge in [0.15, 0.2) is 5.82 Å². The SMILES string of the molecule is O=C(Nc1cnc2c(n1)CCCC2)c1ccc2ncccc2c1. The van der Waals surface area contributed by atoms with E-state index in [1.165, 1.54) is 6.42 Å². The minimum absolute atomic E-state index is 0.180. The number of nitrogens with zero attached hydrogens (tertiary/aromatic N) is 3. The van der Waals surface area contributed by atoms with Crippen molar-refractivity contribution in [2.75, 3.05) is 5.32 Å². The van der Waals surface area contributed by atoms with Gasteiger partial charge in [0, 0.05) is 17.1 Å². The molecule has 23 heavy (non-hydrogen) atoms. The fourth-order valence-corrected chi connectivity index (χ4v) is 2.91. The number of hydrogen-bond donors (Lipinski definition) is 1. The first-order valence-electron chi connectivity index (χ1n) is 7.80. The molecule has 5 nitrogen and oxygen atoms in total. The summed E-state index contributed by atoms with van der Waals surface area (Å²) < 4.78 is 0. The Morgan fingerprint density at radius 2 is 1.91 bits per heavy atom. The number of rotatable bonds is 2. The molecule has 1 N–H and O–H groups in total. The molecule has 0 saturated heterocycles. The summed E-state index contributed by atoms with van der Waals surface area (Å²) in [5.41, 5.74) is 3.53. The van der Waals surface area contributed by atoms with Gasteiger partial charge in [-0.3, -0.25) is 14.8 Å². The van der Waals surface area contributed by atoms with Crippen LogP contribution in [0.3, 0.4) is 0 Å². The average Bonchev–Trinajstić information content (AvgIpc) is 2.61. The van der Waals surface area contributed by atoms with Crippen molar-refractivity contribution in [2.24, 2.45) is 0 Å². The van der Waals surface area contributed by atoms with Crippen LogP contribution in [0.2, 0.25) is 0 Å². The Kier molecular flexibility index (Phi) is 3.46. The molecule has 0 atom stereocenters. The van der Waals surface area contributed by atoms with Crippen molar-refractivity contribution in [2.45, 2.75) is 25.7 Å². The van der Waals surface area contributed by atoms with Crippen LogP contribution in [-0.2, 0) is 12.8 Å². The number of carbonyl (C=O) groups excluding carboxylic acids is 1. The largest absolute Gasteiger partial charge is 0.305 e. The Hall–Kier alpha value is -2.82. The third-order valence-corrected chi connectivity index (χ3v) is 4.12. The van der Waals surface area contributed by atoms with Gasteiger partial charge < -0.3 is 5.32 Å². The highest BCUT2D eigenvalue weighted by atomic mass is 16.1. The summed E-state index contributed by atoms with van der Waals surface area (Å²) in [5.74, 6) is 0.336. The predicted octanol–water partition coefficient (Wildman–Crippen LogP) is 3.16. The van der Waals surface area contributed by atoms with Gasteiger partial charge >= 0.3 is 0 Å². The fourth-order valence-electron chi connectivity index (χ4n) is 2.91. The number of fused-ring (bicyclic) bond motifs is 2. The first-order valence-corrected chi connectivity index (χ1v) is 7.80. The molecule has 0 spiro atoms. The second-order valence-corrected chi connectivity index (χ2v) is 5.72. The van der Waals surface area contributed by atoms with Crippen molar-refractivity contribution >= 4 is 22.6 Å². The maximum absolute atomic E-state index is 12.4. The van der Waals surface area contributed by atoms with Gasteiger partial charge in [0.2, 0.25) is 0 Å². The number of pyridine rings is 1. The molecule has 114 valence electrons. The molecule has 1 aromatic carbocycles. The average molecular weight is 304 g/mol. The zero-order valence-corrected chi connectivity index (χ0v) is 12.6. The molecule has 0 fully saturated rings. The van der Waals surface area contributed by atoms with Gasteiger partial charge in [0.05, 0.1) is 23.1 Å².